The van der Waals surface area contributed by atoms with E-state index in [1.165, 1.54) is 18.2 Å². The summed E-state index contributed by atoms with van der Waals surface area (Å²) in [5, 5.41) is 7.44. The van der Waals surface area contributed by atoms with E-state index in [1.807, 2.05) is 0 Å². The summed E-state index contributed by atoms with van der Waals surface area (Å²) < 4.78 is 50.7. The van der Waals surface area contributed by atoms with Gasteiger partial charge in [0.1, 0.15) is 6.61 Å². The van der Waals surface area contributed by atoms with Crippen molar-refractivity contribution in [3.8, 4) is 0 Å². The summed E-state index contributed by atoms with van der Waals surface area (Å²) in [6.07, 6.45) is -2.56. The van der Waals surface area contributed by atoms with E-state index in [0.717, 1.165) is 0 Å². The number of primary sulfonamides is 1. The molecule has 1 aromatic carbocycles. The number of halogens is 2. The Labute approximate surface area is 121 Å². The minimum atomic E-state index is -3.90. The van der Waals surface area contributed by atoms with Crippen molar-refractivity contribution in [2.75, 3.05) is 19.8 Å². The van der Waals surface area contributed by atoms with E-state index in [1.54, 1.807) is 6.92 Å². The first-order valence-electron chi connectivity index (χ1n) is 5.99. The topological polar surface area (TPSA) is 98.5 Å². The van der Waals surface area contributed by atoms with Gasteiger partial charge in [0.05, 0.1) is 11.5 Å². The van der Waals surface area contributed by atoms with Gasteiger partial charge < -0.3 is 10.1 Å². The van der Waals surface area contributed by atoms with Crippen LogP contribution in [-0.4, -0.2) is 40.5 Å². The minimum Gasteiger partial charge on any atom is -0.374 e. The second kappa shape index (κ2) is 7.43. The number of hydrogen-bond acceptors (Lipinski definition) is 4. The quantitative estimate of drug-likeness (QED) is 0.720. The summed E-state index contributed by atoms with van der Waals surface area (Å²) in [5.41, 5.74) is 0.712. The van der Waals surface area contributed by atoms with E-state index in [9.17, 15) is 22.0 Å². The fourth-order valence-corrected chi connectivity index (χ4v) is 2.07. The van der Waals surface area contributed by atoms with Crippen LogP contribution < -0.4 is 10.5 Å². The van der Waals surface area contributed by atoms with Crippen LogP contribution in [0.25, 0.3) is 0 Å². The number of sulfonamides is 1. The van der Waals surface area contributed by atoms with Gasteiger partial charge in [-0.15, -0.1) is 0 Å². The molecule has 1 amide bonds. The van der Waals surface area contributed by atoms with Crippen molar-refractivity contribution < 1.29 is 26.7 Å². The fraction of sp³-hybridized carbons (Fsp3) is 0.417. The highest BCUT2D eigenvalue weighted by molar-refractivity contribution is 7.89. The van der Waals surface area contributed by atoms with Gasteiger partial charge >= 0.3 is 0 Å². The highest BCUT2D eigenvalue weighted by Gasteiger charge is 2.14. The second-order valence-electron chi connectivity index (χ2n) is 4.24. The molecule has 0 saturated carbocycles. The summed E-state index contributed by atoms with van der Waals surface area (Å²) in [6, 6.07) is 3.93. The van der Waals surface area contributed by atoms with E-state index >= 15 is 0 Å². The maximum atomic E-state index is 11.9. The first kappa shape index (κ1) is 17.5. The Balaban J connectivity index is 2.66. The van der Waals surface area contributed by atoms with Crippen molar-refractivity contribution >= 4 is 15.9 Å². The van der Waals surface area contributed by atoms with Gasteiger partial charge in [-0.2, -0.15) is 0 Å². The molecule has 0 radical (unpaired) electrons. The molecule has 0 aliphatic heterocycles. The van der Waals surface area contributed by atoms with Crippen molar-refractivity contribution in [2.45, 2.75) is 18.2 Å². The monoisotopic (exact) mass is 322 g/mol. The van der Waals surface area contributed by atoms with Crippen molar-refractivity contribution in [1.29, 1.82) is 0 Å². The number of aryl methyl sites for hydroxylation is 1. The number of hydrogen-bond donors (Lipinski definition) is 2. The van der Waals surface area contributed by atoms with Gasteiger partial charge in [-0.25, -0.2) is 22.3 Å². The SMILES string of the molecule is Cc1ccc(S(N)(=O)=O)cc1C(=O)NCCOCC(F)F. The Kier molecular flexibility index (Phi) is 6.19. The van der Waals surface area contributed by atoms with Crippen LogP contribution in [0.3, 0.4) is 0 Å². The lowest BCUT2D eigenvalue weighted by Crippen LogP contribution is -2.28. The number of benzene rings is 1. The molecule has 9 heteroatoms. The Morgan fingerprint density at radius 2 is 2.10 bits per heavy atom. The molecule has 0 saturated heterocycles. The van der Waals surface area contributed by atoms with Crippen LogP contribution in [0.4, 0.5) is 8.78 Å². The molecule has 0 atom stereocenters. The Bertz CT molecular complexity index is 605. The predicted octanol–water partition coefficient (Wildman–Crippen LogP) is 0.654. The summed E-state index contributed by atoms with van der Waals surface area (Å²) in [4.78, 5) is 11.7. The number of carbonyl (C=O) groups excluding carboxylic acids is 1. The second-order valence-corrected chi connectivity index (χ2v) is 5.81. The highest BCUT2D eigenvalue weighted by Crippen LogP contribution is 2.14. The maximum Gasteiger partial charge on any atom is 0.261 e. The van der Waals surface area contributed by atoms with Crippen LogP contribution in [0.2, 0.25) is 0 Å². The van der Waals surface area contributed by atoms with E-state index in [0.29, 0.717) is 5.56 Å². The molecule has 6 nitrogen and oxygen atoms in total. The Morgan fingerprint density at radius 1 is 1.43 bits per heavy atom. The zero-order valence-electron chi connectivity index (χ0n) is 11.3. The molecule has 0 unspecified atom stereocenters. The van der Waals surface area contributed by atoms with Crippen LogP contribution >= 0.6 is 0 Å². The lowest BCUT2D eigenvalue weighted by molar-refractivity contribution is 0.0188. The smallest absolute Gasteiger partial charge is 0.261 e. The van der Waals surface area contributed by atoms with Gasteiger partial charge in [0.15, 0.2) is 0 Å². The number of ether oxygens (including phenoxy) is 1. The van der Waals surface area contributed by atoms with E-state index in [2.05, 4.69) is 10.1 Å². The number of rotatable bonds is 7. The van der Waals surface area contributed by atoms with Gasteiger partial charge in [0, 0.05) is 12.1 Å². The minimum absolute atomic E-state index is 0.0323. The normalized spacial score (nSPS) is 11.7. The number of carbonyl (C=O) groups is 1. The maximum absolute atomic E-state index is 11.9. The van der Waals surface area contributed by atoms with Crippen LogP contribution in [0, 0.1) is 6.92 Å². The molecule has 0 bridgehead atoms. The molecule has 1 aromatic rings. The van der Waals surface area contributed by atoms with Gasteiger partial charge in [0.2, 0.25) is 10.0 Å². The Hall–Kier alpha value is -1.58. The summed E-state index contributed by atoms with van der Waals surface area (Å²) in [7, 11) is -3.90. The molecular weight excluding hydrogens is 306 g/mol. The first-order valence-corrected chi connectivity index (χ1v) is 7.54. The van der Waals surface area contributed by atoms with Crippen LogP contribution in [0.1, 0.15) is 15.9 Å². The number of amides is 1. The van der Waals surface area contributed by atoms with Crippen LogP contribution in [0.5, 0.6) is 0 Å². The Morgan fingerprint density at radius 3 is 2.67 bits per heavy atom. The number of nitrogens with two attached hydrogens (primary N) is 1. The molecule has 0 heterocycles. The molecule has 3 N–H and O–H groups in total. The lowest BCUT2D eigenvalue weighted by Gasteiger charge is -2.09. The summed E-state index contributed by atoms with van der Waals surface area (Å²) >= 11 is 0. The molecule has 1 rings (SSSR count). The third-order valence-corrected chi connectivity index (χ3v) is 3.47. The third-order valence-electron chi connectivity index (χ3n) is 2.56. The molecular formula is C12H16F2N2O4S. The standard InChI is InChI=1S/C12H16F2N2O4S/c1-8-2-3-9(21(15,18)19)6-10(8)12(17)16-4-5-20-7-11(13)14/h2-3,6,11H,4-5,7H2,1H3,(H,16,17)(H2,15,18,19). The van der Waals surface area contributed by atoms with Crippen molar-refractivity contribution in [1.82, 2.24) is 5.32 Å². The zero-order valence-corrected chi connectivity index (χ0v) is 12.1. The summed E-state index contributed by atoms with van der Waals surface area (Å²) in [6.45, 7) is 0.902. The highest BCUT2D eigenvalue weighted by atomic mass is 32.2. The molecule has 0 spiro atoms. The summed E-state index contributed by atoms with van der Waals surface area (Å²) in [5.74, 6) is -0.529. The average Bonchev–Trinajstić information content (AvgIpc) is 2.36. The molecule has 0 fully saturated rings. The number of nitrogens with one attached hydrogen (secondary N) is 1. The van der Waals surface area contributed by atoms with E-state index in [-0.39, 0.29) is 23.6 Å². The van der Waals surface area contributed by atoms with Gasteiger partial charge in [-0.05, 0) is 24.6 Å². The average molecular weight is 322 g/mol. The van der Waals surface area contributed by atoms with E-state index in [4.69, 9.17) is 5.14 Å². The zero-order chi connectivity index (χ0) is 16.0. The van der Waals surface area contributed by atoms with Crippen molar-refractivity contribution in [3.63, 3.8) is 0 Å². The van der Waals surface area contributed by atoms with Crippen LogP contribution in [-0.2, 0) is 14.8 Å². The largest absolute Gasteiger partial charge is 0.374 e. The van der Waals surface area contributed by atoms with Gasteiger partial charge in [0.25, 0.3) is 12.3 Å². The number of alkyl halides is 2. The van der Waals surface area contributed by atoms with Gasteiger partial charge in [-0.3, -0.25) is 4.79 Å². The molecule has 0 aliphatic rings. The predicted molar refractivity (Wildman–Crippen MR) is 71.7 cm³/mol. The van der Waals surface area contributed by atoms with Gasteiger partial charge in [-0.1, -0.05) is 6.07 Å². The molecule has 21 heavy (non-hydrogen) atoms. The van der Waals surface area contributed by atoms with E-state index < -0.39 is 29.0 Å². The molecule has 0 aliphatic carbocycles. The first-order chi connectivity index (χ1) is 9.71. The molecule has 118 valence electrons. The lowest BCUT2D eigenvalue weighted by atomic mass is 10.1. The van der Waals surface area contributed by atoms with Crippen molar-refractivity contribution in [2.24, 2.45) is 5.14 Å². The fourth-order valence-electron chi connectivity index (χ4n) is 1.53. The molecule has 0 aromatic heterocycles. The van der Waals surface area contributed by atoms with Crippen LogP contribution in [0.15, 0.2) is 23.1 Å². The third kappa shape index (κ3) is 5.74. The van der Waals surface area contributed by atoms with Crippen molar-refractivity contribution in [3.05, 3.63) is 29.3 Å².